The molecule has 0 amide bonds. The van der Waals surface area contributed by atoms with Gasteiger partial charge in [0.25, 0.3) is 0 Å². The number of carboxylic acids is 2. The highest BCUT2D eigenvalue weighted by molar-refractivity contribution is 7.81. The molecule has 0 aliphatic heterocycles. The van der Waals surface area contributed by atoms with E-state index in [0.29, 0.717) is 0 Å². The van der Waals surface area contributed by atoms with Crippen LogP contribution in [0.2, 0.25) is 0 Å². The highest BCUT2D eigenvalue weighted by Crippen LogP contribution is 1.74. The second-order valence-corrected chi connectivity index (χ2v) is 2.35. The smallest absolute Gasteiger partial charge is 0.313 e. The van der Waals surface area contributed by atoms with Crippen LogP contribution in [0.5, 0.6) is 0 Å². The van der Waals surface area contributed by atoms with Gasteiger partial charge >= 0.3 is 11.9 Å². The van der Waals surface area contributed by atoms with Crippen molar-refractivity contribution in [2.75, 3.05) is 18.1 Å². The maximum atomic E-state index is 10.7. The Morgan fingerprint density at radius 1 is 1.13 bits per heavy atom. The molecule has 1 unspecified atom stereocenters. The number of alkyl halides is 1. The molecule has 0 saturated carbocycles. The van der Waals surface area contributed by atoms with E-state index in [0.717, 1.165) is 0 Å². The summed E-state index contributed by atoms with van der Waals surface area (Å²) in [5, 5.41) is 30.3. The van der Waals surface area contributed by atoms with Crippen molar-refractivity contribution in [1.82, 2.24) is 0 Å². The van der Waals surface area contributed by atoms with Crippen molar-refractivity contribution >= 4 is 37.2 Å². The fraction of sp³-hybridized carbons (Fsp3) is 0.667. The van der Waals surface area contributed by atoms with E-state index in [9.17, 15) is 14.0 Å². The van der Waals surface area contributed by atoms with E-state index in [1.807, 2.05) is 0 Å². The number of hydrogen-bond acceptors (Lipinski definition) is 6. The molecule has 0 fully saturated rings. The Kier molecular flexibility index (Phi) is 21.2. The molecule has 0 radical (unpaired) electrons. The van der Waals surface area contributed by atoms with Gasteiger partial charge in [-0.2, -0.15) is 25.3 Å². The van der Waals surface area contributed by atoms with E-state index in [1.165, 1.54) is 0 Å². The predicted octanol–water partition coefficient (Wildman–Crippen LogP) is -0.732. The van der Waals surface area contributed by atoms with Gasteiger partial charge < -0.3 is 20.4 Å². The minimum atomic E-state index is -2.06. The molecule has 0 aromatic carbocycles. The molecule has 0 spiro atoms. The Balaban J connectivity index is -0.000000144. The van der Waals surface area contributed by atoms with Crippen molar-refractivity contribution in [2.45, 2.75) is 6.36 Å². The van der Waals surface area contributed by atoms with Gasteiger partial charge in [-0.1, -0.05) is 0 Å². The standard InChI is InChI=1S/C2H5FO2.2C2H4O2S/c3-2(5)1-4;2*3-2(4)1-5/h2,4-5H,1H2;2*5H,1H2,(H,3,4). The normalized spacial score (nSPS) is 9.93. The SMILES string of the molecule is O=C(O)CS.O=C(O)CS.OCC(O)F. The van der Waals surface area contributed by atoms with Crippen LogP contribution < -0.4 is 0 Å². The Labute approximate surface area is 96.6 Å². The number of thiol groups is 2. The molecule has 9 heteroatoms. The average Bonchev–Trinajstić information content (AvgIpc) is 2.19. The molecule has 1 atom stereocenters. The number of carbonyl (C=O) groups is 2. The van der Waals surface area contributed by atoms with Crippen molar-refractivity contribution < 1.29 is 34.4 Å². The Hall–Kier alpha value is -0.510. The molecule has 6 nitrogen and oxygen atoms in total. The summed E-state index contributed by atoms with van der Waals surface area (Å²) in [6, 6.07) is 0. The second-order valence-electron chi connectivity index (χ2n) is 1.72. The number of aliphatic hydroxyl groups is 2. The zero-order chi connectivity index (χ0) is 12.9. The minimum Gasteiger partial charge on any atom is -0.481 e. The molecule has 0 aromatic rings. The van der Waals surface area contributed by atoms with E-state index in [1.54, 1.807) is 0 Å². The van der Waals surface area contributed by atoms with Gasteiger partial charge in [-0.25, -0.2) is 4.39 Å². The summed E-state index contributed by atoms with van der Waals surface area (Å²) in [5.41, 5.74) is 0. The monoisotopic (exact) mass is 264 g/mol. The summed E-state index contributed by atoms with van der Waals surface area (Å²) in [4.78, 5) is 18.6. The Bertz CT molecular complexity index is 152. The van der Waals surface area contributed by atoms with Crippen LogP contribution in [-0.4, -0.2) is 56.8 Å². The van der Waals surface area contributed by atoms with E-state index < -0.39 is 24.9 Å². The molecule has 92 valence electrons. The number of aliphatic carboxylic acids is 2. The fourth-order valence-electron chi connectivity index (χ4n) is 0. The van der Waals surface area contributed by atoms with E-state index in [2.05, 4.69) is 25.3 Å². The molecule has 0 aliphatic carbocycles. The average molecular weight is 264 g/mol. The number of rotatable bonds is 3. The molecule has 0 bridgehead atoms. The third-order valence-corrected chi connectivity index (χ3v) is 0.962. The van der Waals surface area contributed by atoms with E-state index in [-0.39, 0.29) is 11.5 Å². The van der Waals surface area contributed by atoms with Gasteiger partial charge in [0.15, 0.2) is 0 Å². The minimum absolute atomic E-state index is 0.0833. The largest absolute Gasteiger partial charge is 0.481 e. The number of halogens is 1. The summed E-state index contributed by atoms with van der Waals surface area (Å²) in [6.07, 6.45) is -2.06. The van der Waals surface area contributed by atoms with Crippen molar-refractivity contribution in [3.05, 3.63) is 0 Å². The first-order chi connectivity index (χ1) is 6.81. The molecular weight excluding hydrogens is 251 g/mol. The third-order valence-electron chi connectivity index (χ3n) is 0.421. The van der Waals surface area contributed by atoms with Gasteiger partial charge in [-0.3, -0.25) is 9.59 Å². The summed E-state index contributed by atoms with van der Waals surface area (Å²) in [5.74, 6) is -1.93. The highest BCUT2D eigenvalue weighted by atomic mass is 32.1. The van der Waals surface area contributed by atoms with Gasteiger partial charge in [0.1, 0.15) is 0 Å². The number of carboxylic acid groups (broad SMARTS) is 2. The molecule has 0 aromatic heterocycles. The van der Waals surface area contributed by atoms with Crippen LogP contribution in [-0.2, 0) is 9.59 Å². The van der Waals surface area contributed by atoms with Crippen molar-refractivity contribution in [2.24, 2.45) is 0 Å². The lowest BCUT2D eigenvalue weighted by molar-refractivity contribution is -0.134. The van der Waals surface area contributed by atoms with Crippen molar-refractivity contribution in [3.8, 4) is 0 Å². The van der Waals surface area contributed by atoms with Gasteiger partial charge in [-0.15, -0.1) is 0 Å². The highest BCUT2D eigenvalue weighted by Gasteiger charge is 1.89. The van der Waals surface area contributed by atoms with Crippen LogP contribution in [0.4, 0.5) is 4.39 Å². The quantitative estimate of drug-likeness (QED) is 0.374. The lowest BCUT2D eigenvalue weighted by atomic mass is 10.8. The van der Waals surface area contributed by atoms with Crippen LogP contribution in [0.3, 0.4) is 0 Å². The second kappa shape index (κ2) is 15.9. The molecule has 0 heterocycles. The fourth-order valence-corrected chi connectivity index (χ4v) is 0. The summed E-state index contributed by atoms with van der Waals surface area (Å²) in [7, 11) is 0. The molecular formula is C6H13FO6S2. The lowest BCUT2D eigenvalue weighted by Crippen LogP contribution is -2.01. The maximum absolute atomic E-state index is 10.7. The van der Waals surface area contributed by atoms with Crippen molar-refractivity contribution in [1.29, 1.82) is 0 Å². The van der Waals surface area contributed by atoms with Crippen LogP contribution >= 0.6 is 25.3 Å². The van der Waals surface area contributed by atoms with Gasteiger partial charge in [0, 0.05) is 0 Å². The van der Waals surface area contributed by atoms with Crippen LogP contribution in [0.1, 0.15) is 0 Å². The van der Waals surface area contributed by atoms with E-state index in [4.69, 9.17) is 20.4 Å². The summed E-state index contributed by atoms with van der Waals surface area (Å²) < 4.78 is 10.7. The zero-order valence-electron chi connectivity index (χ0n) is 7.58. The first kappa shape index (κ1) is 20.0. The van der Waals surface area contributed by atoms with E-state index >= 15 is 0 Å². The van der Waals surface area contributed by atoms with Gasteiger partial charge in [0.2, 0.25) is 6.36 Å². The predicted molar refractivity (Wildman–Crippen MR) is 57.2 cm³/mol. The Morgan fingerprint density at radius 2 is 1.27 bits per heavy atom. The van der Waals surface area contributed by atoms with Crippen LogP contribution in [0.15, 0.2) is 0 Å². The van der Waals surface area contributed by atoms with Crippen LogP contribution in [0, 0.1) is 0 Å². The first-order valence-corrected chi connectivity index (χ1v) is 4.66. The van der Waals surface area contributed by atoms with Gasteiger partial charge in [0.05, 0.1) is 18.1 Å². The molecule has 0 rings (SSSR count). The molecule has 0 saturated heterocycles. The van der Waals surface area contributed by atoms with Crippen LogP contribution in [0.25, 0.3) is 0 Å². The summed E-state index contributed by atoms with van der Waals surface area (Å²) >= 11 is 6.83. The zero-order valence-corrected chi connectivity index (χ0v) is 9.37. The first-order valence-electron chi connectivity index (χ1n) is 3.40. The third kappa shape index (κ3) is 59.1. The van der Waals surface area contributed by atoms with Gasteiger partial charge in [-0.05, 0) is 0 Å². The summed E-state index contributed by atoms with van der Waals surface area (Å²) in [6.45, 7) is -0.806. The molecule has 4 N–H and O–H groups in total. The lowest BCUT2D eigenvalue weighted by Gasteiger charge is -1.85. The number of aliphatic hydroxyl groups excluding tert-OH is 2. The van der Waals surface area contributed by atoms with Crippen molar-refractivity contribution in [3.63, 3.8) is 0 Å². The molecule has 15 heavy (non-hydrogen) atoms. The maximum Gasteiger partial charge on any atom is 0.313 e. The number of hydrogen-bond donors (Lipinski definition) is 6. The topological polar surface area (TPSA) is 115 Å². The Morgan fingerprint density at radius 3 is 1.27 bits per heavy atom. The molecule has 0 aliphatic rings.